The van der Waals surface area contributed by atoms with Gasteiger partial charge in [0, 0.05) is 26.4 Å². The van der Waals surface area contributed by atoms with Gasteiger partial charge in [0.2, 0.25) is 5.91 Å². The van der Waals surface area contributed by atoms with E-state index in [1.807, 2.05) is 0 Å². The summed E-state index contributed by atoms with van der Waals surface area (Å²) in [6.07, 6.45) is -3.39. The highest BCUT2D eigenvalue weighted by molar-refractivity contribution is 5.85. The number of hydrogen-bond acceptors (Lipinski definition) is 4. The minimum Gasteiger partial charge on any atom is -0.380 e. The van der Waals surface area contributed by atoms with E-state index in [-0.39, 0.29) is 37.4 Å². The molecule has 0 fully saturated rings. The van der Waals surface area contributed by atoms with Crippen molar-refractivity contribution in [2.75, 3.05) is 13.7 Å². The maximum Gasteiger partial charge on any atom is 0.435 e. The second-order valence-corrected chi connectivity index (χ2v) is 5.38. The van der Waals surface area contributed by atoms with Crippen LogP contribution in [0.1, 0.15) is 17.7 Å². The van der Waals surface area contributed by atoms with Gasteiger partial charge in [-0.05, 0) is 23.8 Å². The van der Waals surface area contributed by atoms with Gasteiger partial charge in [-0.3, -0.25) is 4.79 Å². The Kier molecular flexibility index (Phi) is 8.07. The van der Waals surface area contributed by atoms with Crippen molar-refractivity contribution in [2.24, 2.45) is 5.73 Å². The minimum atomic E-state index is -4.47. The lowest BCUT2D eigenvalue weighted by Gasteiger charge is -2.12. The quantitative estimate of drug-likeness (QED) is 0.757. The molecule has 1 unspecified atom stereocenters. The average molecular weight is 393 g/mol. The van der Waals surface area contributed by atoms with Crippen molar-refractivity contribution in [2.45, 2.75) is 25.2 Å². The molecule has 0 aliphatic heterocycles. The van der Waals surface area contributed by atoms with Crippen molar-refractivity contribution in [3.8, 4) is 5.69 Å². The van der Waals surface area contributed by atoms with Crippen LogP contribution in [0.2, 0.25) is 0 Å². The molecule has 1 heterocycles. The molecule has 1 aromatic heterocycles. The first kappa shape index (κ1) is 21.9. The smallest absolute Gasteiger partial charge is 0.380 e. The van der Waals surface area contributed by atoms with Crippen LogP contribution >= 0.6 is 12.4 Å². The topological polar surface area (TPSA) is 82.2 Å². The van der Waals surface area contributed by atoms with Crippen LogP contribution in [0.4, 0.5) is 13.2 Å². The highest BCUT2D eigenvalue weighted by Crippen LogP contribution is 2.27. The number of hydrogen-bond donors (Lipinski definition) is 2. The second kappa shape index (κ2) is 9.56. The summed E-state index contributed by atoms with van der Waals surface area (Å²) >= 11 is 0. The summed E-state index contributed by atoms with van der Waals surface area (Å²) in [6.45, 7) is 0.551. The molecule has 26 heavy (non-hydrogen) atoms. The zero-order valence-electron chi connectivity index (χ0n) is 14.0. The molecule has 0 bridgehead atoms. The van der Waals surface area contributed by atoms with Crippen LogP contribution in [-0.2, 0) is 22.3 Å². The van der Waals surface area contributed by atoms with E-state index in [4.69, 9.17) is 10.5 Å². The van der Waals surface area contributed by atoms with Gasteiger partial charge < -0.3 is 15.8 Å². The number of carbonyl (C=O) groups excluding carboxylic acids is 1. The molecule has 144 valence electrons. The van der Waals surface area contributed by atoms with Gasteiger partial charge in [0.15, 0.2) is 5.69 Å². The van der Waals surface area contributed by atoms with Crippen LogP contribution in [0.3, 0.4) is 0 Å². The molecule has 0 spiro atoms. The lowest BCUT2D eigenvalue weighted by atomic mass is 10.2. The van der Waals surface area contributed by atoms with Crippen LogP contribution in [-0.4, -0.2) is 35.4 Å². The Labute approximate surface area is 154 Å². The molecular formula is C16H20ClF3N4O2. The number of methoxy groups -OCH3 is 1. The molecule has 2 aromatic rings. The third-order valence-corrected chi connectivity index (χ3v) is 3.58. The monoisotopic (exact) mass is 392 g/mol. The molecule has 0 radical (unpaired) electrons. The van der Waals surface area contributed by atoms with Crippen molar-refractivity contribution in [3.05, 3.63) is 47.8 Å². The van der Waals surface area contributed by atoms with E-state index >= 15 is 0 Å². The van der Waals surface area contributed by atoms with Gasteiger partial charge in [-0.1, -0.05) is 12.1 Å². The number of alkyl halides is 3. The van der Waals surface area contributed by atoms with Gasteiger partial charge in [0.1, 0.15) is 0 Å². The second-order valence-electron chi connectivity index (χ2n) is 5.38. The predicted octanol–water partition coefficient (Wildman–Crippen LogP) is 2.29. The third-order valence-electron chi connectivity index (χ3n) is 3.58. The maximum atomic E-state index is 12.6. The number of nitrogens with zero attached hydrogens (tertiary/aromatic N) is 2. The van der Waals surface area contributed by atoms with E-state index in [0.29, 0.717) is 12.2 Å². The van der Waals surface area contributed by atoms with E-state index in [0.717, 1.165) is 16.3 Å². The fourth-order valence-electron chi connectivity index (χ4n) is 2.13. The molecule has 0 aliphatic rings. The van der Waals surface area contributed by atoms with E-state index in [9.17, 15) is 18.0 Å². The number of aromatic nitrogens is 2. The summed E-state index contributed by atoms with van der Waals surface area (Å²) < 4.78 is 43.9. The Balaban J connectivity index is 0.00000338. The average Bonchev–Trinajstić information content (AvgIpc) is 3.08. The van der Waals surface area contributed by atoms with Crippen molar-refractivity contribution >= 4 is 18.3 Å². The molecule has 0 saturated heterocycles. The standard InChI is InChI=1S/C16H19F3N4O2.ClH/c1-25-13(9-20)8-15(24)21-10-11-2-4-12(5-3-11)23-7-6-14(22-23)16(17,18)19;/h2-7,13H,8-10,20H2,1H3,(H,21,24);1H. The van der Waals surface area contributed by atoms with E-state index in [2.05, 4.69) is 10.4 Å². The first-order valence-corrected chi connectivity index (χ1v) is 7.55. The molecule has 1 aromatic carbocycles. The van der Waals surface area contributed by atoms with Gasteiger partial charge in [-0.25, -0.2) is 4.68 Å². The molecule has 10 heteroatoms. The lowest BCUT2D eigenvalue weighted by molar-refractivity contribution is -0.141. The number of carbonyl (C=O) groups is 1. The Bertz CT molecular complexity index is 700. The molecule has 0 aliphatic carbocycles. The van der Waals surface area contributed by atoms with Gasteiger partial charge in [0.05, 0.1) is 18.2 Å². The molecule has 6 nitrogen and oxygen atoms in total. The largest absolute Gasteiger partial charge is 0.435 e. The highest BCUT2D eigenvalue weighted by atomic mass is 35.5. The Morgan fingerprint density at radius 2 is 1.96 bits per heavy atom. The third kappa shape index (κ3) is 6.01. The fraction of sp³-hybridized carbons (Fsp3) is 0.375. The number of rotatable bonds is 7. The van der Waals surface area contributed by atoms with Crippen LogP contribution in [0, 0.1) is 0 Å². The summed E-state index contributed by atoms with van der Waals surface area (Å²) in [7, 11) is 1.49. The highest BCUT2D eigenvalue weighted by Gasteiger charge is 2.33. The predicted molar refractivity (Wildman–Crippen MR) is 92.1 cm³/mol. The Morgan fingerprint density at radius 3 is 2.46 bits per heavy atom. The number of nitrogens with two attached hydrogens (primary N) is 1. The normalized spacial score (nSPS) is 12.3. The summed E-state index contributed by atoms with van der Waals surface area (Å²) in [5.41, 5.74) is 5.81. The molecular weight excluding hydrogens is 373 g/mol. The summed E-state index contributed by atoms with van der Waals surface area (Å²) in [6, 6.07) is 7.60. The van der Waals surface area contributed by atoms with Crippen molar-refractivity contribution in [1.82, 2.24) is 15.1 Å². The summed E-state index contributed by atoms with van der Waals surface area (Å²) in [5.74, 6) is -0.191. The van der Waals surface area contributed by atoms with Gasteiger partial charge in [0.25, 0.3) is 0 Å². The van der Waals surface area contributed by atoms with E-state index < -0.39 is 11.9 Å². The lowest BCUT2D eigenvalue weighted by Crippen LogP contribution is -2.31. The van der Waals surface area contributed by atoms with E-state index in [1.165, 1.54) is 13.3 Å². The van der Waals surface area contributed by atoms with Crippen LogP contribution in [0.25, 0.3) is 5.69 Å². The molecule has 0 saturated carbocycles. The van der Waals surface area contributed by atoms with Crippen molar-refractivity contribution in [1.29, 1.82) is 0 Å². The number of amides is 1. The number of ether oxygens (including phenoxy) is 1. The van der Waals surface area contributed by atoms with Gasteiger partial charge in [-0.15, -0.1) is 12.4 Å². The van der Waals surface area contributed by atoms with Gasteiger partial charge in [-0.2, -0.15) is 18.3 Å². The Morgan fingerprint density at radius 1 is 1.31 bits per heavy atom. The summed E-state index contributed by atoms with van der Waals surface area (Å²) in [4.78, 5) is 11.8. The number of benzene rings is 1. The maximum absolute atomic E-state index is 12.6. The van der Waals surface area contributed by atoms with E-state index in [1.54, 1.807) is 24.3 Å². The van der Waals surface area contributed by atoms with Crippen LogP contribution < -0.4 is 11.1 Å². The molecule has 2 rings (SSSR count). The minimum absolute atomic E-state index is 0. The molecule has 1 atom stereocenters. The van der Waals surface area contributed by atoms with Crippen LogP contribution in [0.15, 0.2) is 36.5 Å². The first-order valence-electron chi connectivity index (χ1n) is 7.55. The SMILES string of the molecule is COC(CN)CC(=O)NCc1ccc(-n2ccc(C(F)(F)F)n2)cc1.Cl. The van der Waals surface area contributed by atoms with Crippen molar-refractivity contribution < 1.29 is 22.7 Å². The Hall–Kier alpha value is -2.10. The zero-order chi connectivity index (χ0) is 18.4. The molecule has 1 amide bonds. The number of halogens is 4. The first-order chi connectivity index (χ1) is 11.8. The van der Waals surface area contributed by atoms with Crippen LogP contribution in [0.5, 0.6) is 0 Å². The van der Waals surface area contributed by atoms with Crippen molar-refractivity contribution in [3.63, 3.8) is 0 Å². The fourth-order valence-corrected chi connectivity index (χ4v) is 2.13. The zero-order valence-corrected chi connectivity index (χ0v) is 14.8. The summed E-state index contributed by atoms with van der Waals surface area (Å²) in [5, 5.41) is 6.24. The van der Waals surface area contributed by atoms with Gasteiger partial charge >= 0.3 is 6.18 Å². The molecule has 3 N–H and O–H groups in total. The number of nitrogens with one attached hydrogen (secondary N) is 1.